The van der Waals surface area contributed by atoms with Crippen molar-refractivity contribution in [3.8, 4) is 11.5 Å². The summed E-state index contributed by atoms with van der Waals surface area (Å²) in [6.07, 6.45) is 2.59. The van der Waals surface area contributed by atoms with E-state index < -0.39 is 6.10 Å². The van der Waals surface area contributed by atoms with E-state index in [2.05, 4.69) is 39.1 Å². The van der Waals surface area contributed by atoms with Gasteiger partial charge in [-0.1, -0.05) is 6.07 Å². The van der Waals surface area contributed by atoms with Crippen LogP contribution in [0, 0.1) is 0 Å². The molecule has 0 saturated carbocycles. The Kier molecular flexibility index (Phi) is 5.70. The van der Waals surface area contributed by atoms with Gasteiger partial charge in [0.25, 0.3) is 0 Å². The van der Waals surface area contributed by atoms with E-state index in [-0.39, 0.29) is 11.6 Å². The maximum atomic E-state index is 9.99. The number of rotatable bonds is 6. The third-order valence-corrected chi connectivity index (χ3v) is 3.76. The highest BCUT2D eigenvalue weighted by atomic mass is 16.5. The average Bonchev–Trinajstić information content (AvgIpc) is 2.43. The van der Waals surface area contributed by atoms with Gasteiger partial charge >= 0.3 is 0 Å². The molecule has 2 atom stereocenters. The third-order valence-electron chi connectivity index (χ3n) is 3.76. The summed E-state index contributed by atoms with van der Waals surface area (Å²) >= 11 is 0. The molecule has 2 rings (SSSR count). The van der Waals surface area contributed by atoms with Gasteiger partial charge in [0, 0.05) is 11.6 Å². The molecule has 0 amide bonds. The molecule has 22 heavy (non-hydrogen) atoms. The molecule has 2 N–H and O–H groups in total. The first-order valence-electron chi connectivity index (χ1n) is 8.19. The van der Waals surface area contributed by atoms with Gasteiger partial charge in [-0.15, -0.1) is 0 Å². The van der Waals surface area contributed by atoms with E-state index in [1.165, 1.54) is 5.56 Å². The van der Waals surface area contributed by atoms with Crippen LogP contribution in [0.3, 0.4) is 0 Å². The van der Waals surface area contributed by atoms with E-state index in [1.54, 1.807) is 0 Å². The molecule has 1 aliphatic heterocycles. The SMILES string of the molecule is CC1CCc2ccc(OCC(O)CCNC(C)(C)C)cc2O1. The summed E-state index contributed by atoms with van der Waals surface area (Å²) in [5, 5.41) is 13.4. The van der Waals surface area contributed by atoms with Gasteiger partial charge in [0.1, 0.15) is 18.1 Å². The topological polar surface area (TPSA) is 50.7 Å². The summed E-state index contributed by atoms with van der Waals surface area (Å²) < 4.78 is 11.5. The zero-order chi connectivity index (χ0) is 16.2. The number of hydrogen-bond acceptors (Lipinski definition) is 4. The van der Waals surface area contributed by atoms with Crippen molar-refractivity contribution < 1.29 is 14.6 Å². The summed E-state index contributed by atoms with van der Waals surface area (Å²) in [6, 6.07) is 5.95. The van der Waals surface area contributed by atoms with E-state index in [9.17, 15) is 5.11 Å². The molecule has 1 aliphatic rings. The predicted octanol–water partition coefficient (Wildman–Crippen LogP) is 2.92. The van der Waals surface area contributed by atoms with Crippen LogP contribution in [0.1, 0.15) is 46.1 Å². The first-order valence-corrected chi connectivity index (χ1v) is 8.19. The highest BCUT2D eigenvalue weighted by molar-refractivity contribution is 5.42. The Labute approximate surface area is 133 Å². The first kappa shape index (κ1) is 17.1. The molecule has 2 unspecified atom stereocenters. The molecule has 0 fully saturated rings. The van der Waals surface area contributed by atoms with Gasteiger partial charge in [-0.3, -0.25) is 0 Å². The van der Waals surface area contributed by atoms with Gasteiger partial charge in [0.2, 0.25) is 0 Å². The lowest BCUT2D eigenvalue weighted by Crippen LogP contribution is -2.38. The summed E-state index contributed by atoms with van der Waals surface area (Å²) in [6.45, 7) is 9.51. The molecule has 0 saturated heterocycles. The lowest BCUT2D eigenvalue weighted by molar-refractivity contribution is 0.0978. The van der Waals surface area contributed by atoms with Crippen molar-refractivity contribution in [2.24, 2.45) is 0 Å². The molecular formula is C18H29NO3. The first-order chi connectivity index (χ1) is 10.3. The molecule has 1 aromatic carbocycles. The van der Waals surface area contributed by atoms with E-state index in [0.717, 1.165) is 30.9 Å². The van der Waals surface area contributed by atoms with Crippen molar-refractivity contribution in [1.29, 1.82) is 0 Å². The molecule has 0 spiro atoms. The second-order valence-electron chi connectivity index (χ2n) is 7.17. The largest absolute Gasteiger partial charge is 0.491 e. The predicted molar refractivity (Wildman–Crippen MR) is 88.7 cm³/mol. The van der Waals surface area contributed by atoms with E-state index in [1.807, 2.05) is 12.1 Å². The summed E-state index contributed by atoms with van der Waals surface area (Å²) in [4.78, 5) is 0. The highest BCUT2D eigenvalue weighted by Gasteiger charge is 2.17. The number of fused-ring (bicyclic) bond motifs is 1. The minimum Gasteiger partial charge on any atom is -0.491 e. The number of aryl methyl sites for hydroxylation is 1. The van der Waals surface area contributed by atoms with Gasteiger partial charge in [0.05, 0.1) is 12.2 Å². The summed E-state index contributed by atoms with van der Waals surface area (Å²) in [7, 11) is 0. The van der Waals surface area contributed by atoms with Crippen LogP contribution in [0.4, 0.5) is 0 Å². The molecule has 1 aromatic rings. The standard InChI is InChI=1S/C18H29NO3/c1-13-5-6-14-7-8-16(11-17(14)22-13)21-12-15(20)9-10-19-18(2,3)4/h7-8,11,13,15,19-20H,5-6,9-10,12H2,1-4H3. The average molecular weight is 307 g/mol. The monoisotopic (exact) mass is 307 g/mol. The van der Waals surface area contributed by atoms with Crippen molar-refractivity contribution in [2.75, 3.05) is 13.2 Å². The van der Waals surface area contributed by atoms with E-state index in [4.69, 9.17) is 9.47 Å². The van der Waals surface area contributed by atoms with Gasteiger partial charge in [-0.2, -0.15) is 0 Å². The van der Waals surface area contributed by atoms with Crippen LogP contribution in [0.25, 0.3) is 0 Å². The fourth-order valence-corrected chi connectivity index (χ4v) is 2.46. The Morgan fingerprint density at radius 2 is 2.18 bits per heavy atom. The molecule has 4 nitrogen and oxygen atoms in total. The molecular weight excluding hydrogens is 278 g/mol. The molecule has 0 bridgehead atoms. The van der Waals surface area contributed by atoms with Crippen LogP contribution in [0.5, 0.6) is 11.5 Å². The summed E-state index contributed by atoms with van der Waals surface area (Å²) in [5.74, 6) is 1.68. The van der Waals surface area contributed by atoms with E-state index >= 15 is 0 Å². The van der Waals surface area contributed by atoms with Crippen LogP contribution in [0.2, 0.25) is 0 Å². The van der Waals surface area contributed by atoms with Crippen LogP contribution < -0.4 is 14.8 Å². The summed E-state index contributed by atoms with van der Waals surface area (Å²) in [5.41, 5.74) is 1.31. The lowest BCUT2D eigenvalue weighted by atomic mass is 10.0. The fraction of sp³-hybridized carbons (Fsp3) is 0.667. The molecule has 0 aliphatic carbocycles. The quantitative estimate of drug-likeness (QED) is 0.848. The third kappa shape index (κ3) is 5.50. The molecule has 0 radical (unpaired) electrons. The zero-order valence-corrected chi connectivity index (χ0v) is 14.2. The van der Waals surface area contributed by atoms with Crippen LogP contribution >= 0.6 is 0 Å². The molecule has 0 aromatic heterocycles. The minimum atomic E-state index is -0.467. The van der Waals surface area contributed by atoms with Crippen molar-refractivity contribution in [3.05, 3.63) is 23.8 Å². The Balaban J connectivity index is 1.78. The second-order valence-corrected chi connectivity index (χ2v) is 7.17. The van der Waals surface area contributed by atoms with Gasteiger partial charge < -0.3 is 19.9 Å². The number of nitrogens with one attached hydrogen (secondary N) is 1. The zero-order valence-electron chi connectivity index (χ0n) is 14.2. The number of aliphatic hydroxyl groups is 1. The van der Waals surface area contributed by atoms with Crippen molar-refractivity contribution in [1.82, 2.24) is 5.32 Å². The Hall–Kier alpha value is -1.26. The minimum absolute atomic E-state index is 0.0765. The van der Waals surface area contributed by atoms with Crippen molar-refractivity contribution in [2.45, 2.75) is 64.7 Å². The van der Waals surface area contributed by atoms with Crippen LogP contribution in [0.15, 0.2) is 18.2 Å². The van der Waals surface area contributed by atoms with Crippen molar-refractivity contribution >= 4 is 0 Å². The van der Waals surface area contributed by atoms with Gasteiger partial charge in [0.15, 0.2) is 0 Å². The lowest BCUT2D eigenvalue weighted by Gasteiger charge is -2.24. The van der Waals surface area contributed by atoms with Crippen molar-refractivity contribution in [3.63, 3.8) is 0 Å². The Morgan fingerprint density at radius 1 is 1.41 bits per heavy atom. The second kappa shape index (κ2) is 7.34. The van der Waals surface area contributed by atoms with Crippen LogP contribution in [-0.4, -0.2) is 36.0 Å². The fourth-order valence-electron chi connectivity index (χ4n) is 2.46. The molecule has 124 valence electrons. The van der Waals surface area contributed by atoms with Gasteiger partial charge in [-0.05, 0) is 65.1 Å². The molecule has 4 heteroatoms. The number of hydrogen-bond donors (Lipinski definition) is 2. The smallest absolute Gasteiger partial charge is 0.126 e. The maximum Gasteiger partial charge on any atom is 0.126 e. The Bertz CT molecular complexity index is 482. The van der Waals surface area contributed by atoms with Crippen LogP contribution in [-0.2, 0) is 6.42 Å². The highest BCUT2D eigenvalue weighted by Crippen LogP contribution is 2.31. The normalized spacial score (nSPS) is 19.2. The number of benzene rings is 1. The van der Waals surface area contributed by atoms with E-state index in [0.29, 0.717) is 13.0 Å². The molecule has 1 heterocycles. The van der Waals surface area contributed by atoms with Gasteiger partial charge in [-0.25, -0.2) is 0 Å². The Morgan fingerprint density at radius 3 is 2.91 bits per heavy atom. The number of aliphatic hydroxyl groups excluding tert-OH is 1. The maximum absolute atomic E-state index is 9.99. The number of ether oxygens (including phenoxy) is 2.